The molecule has 0 aromatic carbocycles. The van der Waals surface area contributed by atoms with Crippen LogP contribution in [0.5, 0.6) is 0 Å². The molecule has 1 saturated carbocycles. The predicted octanol–water partition coefficient (Wildman–Crippen LogP) is 5.50. The molecule has 0 N–H and O–H groups in total. The van der Waals surface area contributed by atoms with E-state index in [2.05, 4.69) is 15.8 Å². The number of hydrogen-bond acceptors (Lipinski definition) is 4. The van der Waals surface area contributed by atoms with Crippen molar-refractivity contribution >= 4 is 11.0 Å². The zero-order valence-corrected chi connectivity index (χ0v) is 18.9. The summed E-state index contributed by atoms with van der Waals surface area (Å²) < 4.78 is 36.4. The number of aryl methyl sites for hydroxylation is 3. The number of pyridine rings is 2. The second-order valence-electron chi connectivity index (χ2n) is 9.15. The minimum absolute atomic E-state index is 0.0624. The van der Waals surface area contributed by atoms with Crippen molar-refractivity contribution in [1.82, 2.24) is 19.3 Å². The van der Waals surface area contributed by atoms with Gasteiger partial charge in [-0.2, -0.15) is 0 Å². The molecule has 5 rings (SSSR count). The first-order chi connectivity index (χ1) is 15.7. The molecule has 8 heteroatoms. The van der Waals surface area contributed by atoms with Gasteiger partial charge < -0.3 is 13.7 Å². The molecule has 4 aromatic heterocycles. The summed E-state index contributed by atoms with van der Waals surface area (Å²) in [6.07, 6.45) is 6.51. The second kappa shape index (κ2) is 7.93. The molecule has 1 aliphatic carbocycles. The number of nitrogens with zero attached hydrogens (tertiary/aromatic N) is 4. The van der Waals surface area contributed by atoms with Crippen molar-refractivity contribution in [3.8, 4) is 22.3 Å². The Kier molecular flexibility index (Phi) is 5.18. The molecule has 0 spiro atoms. The molecular formula is C25H26F2N4O2. The number of fused-ring (bicyclic) bond motifs is 1. The summed E-state index contributed by atoms with van der Waals surface area (Å²) in [7, 11) is 1.72. The maximum atomic E-state index is 13.7. The van der Waals surface area contributed by atoms with Crippen molar-refractivity contribution in [2.24, 2.45) is 13.0 Å². The average molecular weight is 453 g/mol. The SMILES string of the molecule is Cc1noc(C)c1-c1cnc2c(-c3ccc(=O)n(C)c3)cn(CC3CCC(F)(F)CC3)c2c1. The molecule has 0 amide bonds. The molecule has 1 fully saturated rings. The van der Waals surface area contributed by atoms with Gasteiger partial charge in [-0.25, -0.2) is 8.78 Å². The van der Waals surface area contributed by atoms with E-state index in [1.807, 2.05) is 26.2 Å². The lowest BCUT2D eigenvalue weighted by Gasteiger charge is -2.28. The van der Waals surface area contributed by atoms with Crippen LogP contribution in [0.15, 0.2) is 46.1 Å². The van der Waals surface area contributed by atoms with Crippen molar-refractivity contribution in [3.63, 3.8) is 0 Å². The molecule has 0 unspecified atom stereocenters. The summed E-state index contributed by atoms with van der Waals surface area (Å²) in [5, 5.41) is 4.06. The van der Waals surface area contributed by atoms with Gasteiger partial charge in [0.15, 0.2) is 0 Å². The van der Waals surface area contributed by atoms with Crippen LogP contribution in [0.2, 0.25) is 0 Å². The monoisotopic (exact) mass is 452 g/mol. The van der Waals surface area contributed by atoms with Crippen molar-refractivity contribution in [2.75, 3.05) is 0 Å². The molecule has 4 heterocycles. The summed E-state index contributed by atoms with van der Waals surface area (Å²) in [5.74, 6) is -1.65. The number of aromatic nitrogens is 4. The number of halogens is 2. The van der Waals surface area contributed by atoms with Gasteiger partial charge in [-0.05, 0) is 44.7 Å². The third kappa shape index (κ3) is 3.98. The zero-order chi connectivity index (χ0) is 23.3. The van der Waals surface area contributed by atoms with Crippen LogP contribution in [0.4, 0.5) is 8.78 Å². The molecule has 1 aliphatic rings. The molecule has 6 nitrogen and oxygen atoms in total. The van der Waals surface area contributed by atoms with E-state index in [1.165, 1.54) is 0 Å². The van der Waals surface area contributed by atoms with Crippen LogP contribution >= 0.6 is 0 Å². The fourth-order valence-electron chi connectivity index (χ4n) is 4.87. The highest BCUT2D eigenvalue weighted by atomic mass is 19.3. The van der Waals surface area contributed by atoms with E-state index in [0.717, 1.165) is 44.7 Å². The average Bonchev–Trinajstić information content (AvgIpc) is 3.30. The first-order valence-electron chi connectivity index (χ1n) is 11.2. The van der Waals surface area contributed by atoms with Crippen LogP contribution in [-0.4, -0.2) is 25.2 Å². The van der Waals surface area contributed by atoms with Gasteiger partial charge in [0.2, 0.25) is 11.5 Å². The van der Waals surface area contributed by atoms with Crippen LogP contribution in [0.25, 0.3) is 33.3 Å². The van der Waals surface area contributed by atoms with Gasteiger partial charge in [0.1, 0.15) is 5.76 Å². The summed E-state index contributed by atoms with van der Waals surface area (Å²) in [4.78, 5) is 16.7. The molecular weight excluding hydrogens is 426 g/mol. The van der Waals surface area contributed by atoms with Crippen LogP contribution in [0, 0.1) is 19.8 Å². The zero-order valence-electron chi connectivity index (χ0n) is 18.9. The Bertz CT molecular complexity index is 1370. The maximum absolute atomic E-state index is 13.7. The molecule has 0 atom stereocenters. The Balaban J connectivity index is 1.62. The van der Waals surface area contributed by atoms with Crippen LogP contribution < -0.4 is 5.56 Å². The molecule has 172 valence electrons. The topological polar surface area (TPSA) is 65.8 Å². The summed E-state index contributed by atoms with van der Waals surface area (Å²) in [6, 6.07) is 5.41. The quantitative estimate of drug-likeness (QED) is 0.410. The molecule has 0 saturated heterocycles. The number of hydrogen-bond donors (Lipinski definition) is 0. The largest absolute Gasteiger partial charge is 0.361 e. The van der Waals surface area contributed by atoms with E-state index < -0.39 is 5.92 Å². The highest BCUT2D eigenvalue weighted by Crippen LogP contribution is 2.39. The van der Waals surface area contributed by atoms with E-state index in [1.54, 1.807) is 29.9 Å². The lowest BCUT2D eigenvalue weighted by atomic mass is 9.87. The Hall–Kier alpha value is -3.29. The number of rotatable bonds is 4. The summed E-state index contributed by atoms with van der Waals surface area (Å²) >= 11 is 0. The van der Waals surface area contributed by atoms with Gasteiger partial charge in [-0.1, -0.05) is 5.16 Å². The van der Waals surface area contributed by atoms with Gasteiger partial charge >= 0.3 is 0 Å². The fourth-order valence-corrected chi connectivity index (χ4v) is 4.87. The van der Waals surface area contributed by atoms with E-state index in [-0.39, 0.29) is 24.3 Å². The normalized spacial score (nSPS) is 16.5. The maximum Gasteiger partial charge on any atom is 0.250 e. The van der Waals surface area contributed by atoms with E-state index in [9.17, 15) is 13.6 Å². The van der Waals surface area contributed by atoms with E-state index >= 15 is 0 Å². The minimum atomic E-state index is -2.55. The first-order valence-corrected chi connectivity index (χ1v) is 11.2. The van der Waals surface area contributed by atoms with Crippen LogP contribution in [0.3, 0.4) is 0 Å². The van der Waals surface area contributed by atoms with Crippen molar-refractivity contribution in [2.45, 2.75) is 52.0 Å². The Morgan fingerprint density at radius 3 is 2.58 bits per heavy atom. The summed E-state index contributed by atoms with van der Waals surface area (Å²) in [6.45, 7) is 4.41. The third-order valence-corrected chi connectivity index (χ3v) is 6.73. The van der Waals surface area contributed by atoms with Crippen molar-refractivity contribution in [1.29, 1.82) is 0 Å². The molecule has 33 heavy (non-hydrogen) atoms. The number of alkyl halides is 2. The Morgan fingerprint density at radius 1 is 1.15 bits per heavy atom. The van der Waals surface area contributed by atoms with E-state index in [4.69, 9.17) is 9.51 Å². The van der Waals surface area contributed by atoms with Gasteiger partial charge in [0.25, 0.3) is 0 Å². The Morgan fingerprint density at radius 2 is 1.91 bits per heavy atom. The second-order valence-corrected chi connectivity index (χ2v) is 9.15. The third-order valence-electron chi connectivity index (χ3n) is 6.73. The Labute approximate surface area is 189 Å². The standard InChI is InChI=1S/C25H26F2N4O2/c1-15-23(16(2)33-29-15)19-10-21-24(28-11-19)20(18-4-5-22(32)30(3)13-18)14-31(21)12-17-6-8-25(26,27)9-7-17/h4-5,10-11,13-14,17H,6-9,12H2,1-3H3. The summed E-state index contributed by atoms with van der Waals surface area (Å²) in [5.41, 5.74) is 6.05. The highest BCUT2D eigenvalue weighted by molar-refractivity contribution is 5.94. The molecule has 4 aromatic rings. The van der Waals surface area contributed by atoms with Crippen molar-refractivity contribution < 1.29 is 13.3 Å². The van der Waals surface area contributed by atoms with Crippen LogP contribution in [-0.2, 0) is 13.6 Å². The van der Waals surface area contributed by atoms with Crippen molar-refractivity contribution in [3.05, 3.63) is 58.6 Å². The van der Waals surface area contributed by atoms with Gasteiger partial charge in [0, 0.05) is 73.3 Å². The van der Waals surface area contributed by atoms with E-state index in [0.29, 0.717) is 19.4 Å². The minimum Gasteiger partial charge on any atom is -0.361 e. The van der Waals surface area contributed by atoms with Gasteiger partial charge in [0.05, 0.1) is 16.7 Å². The first kappa shape index (κ1) is 21.6. The smallest absolute Gasteiger partial charge is 0.250 e. The fraction of sp³-hybridized carbons (Fsp3) is 0.400. The highest BCUT2D eigenvalue weighted by Gasteiger charge is 2.35. The van der Waals surface area contributed by atoms with Gasteiger partial charge in [-0.15, -0.1) is 0 Å². The molecule has 0 aliphatic heterocycles. The molecule has 0 bridgehead atoms. The lowest BCUT2D eigenvalue weighted by Crippen LogP contribution is -2.26. The predicted molar refractivity (Wildman–Crippen MR) is 122 cm³/mol. The van der Waals surface area contributed by atoms with Gasteiger partial charge in [-0.3, -0.25) is 9.78 Å². The van der Waals surface area contributed by atoms with Crippen LogP contribution in [0.1, 0.15) is 37.1 Å². The lowest BCUT2D eigenvalue weighted by molar-refractivity contribution is -0.0472. The molecule has 0 radical (unpaired) electrons.